The summed E-state index contributed by atoms with van der Waals surface area (Å²) in [4.78, 5) is 14.9. The summed E-state index contributed by atoms with van der Waals surface area (Å²) in [5, 5.41) is 1.90. The van der Waals surface area contributed by atoms with E-state index in [-0.39, 0.29) is 24.5 Å². The maximum absolute atomic E-state index is 11.8. The van der Waals surface area contributed by atoms with Crippen LogP contribution in [0.2, 0.25) is 0 Å². The highest BCUT2D eigenvalue weighted by Crippen LogP contribution is 2.17. The zero-order valence-corrected chi connectivity index (χ0v) is 13.1. The molecule has 0 radical (unpaired) electrons. The number of nitrogens with zero attached hydrogens (tertiary/aromatic N) is 1. The van der Waals surface area contributed by atoms with Crippen LogP contribution < -0.4 is 0 Å². The van der Waals surface area contributed by atoms with Gasteiger partial charge < -0.3 is 4.74 Å². The van der Waals surface area contributed by atoms with Gasteiger partial charge in [-0.05, 0) is 50.2 Å². The van der Waals surface area contributed by atoms with Crippen molar-refractivity contribution in [1.82, 2.24) is 4.90 Å². The van der Waals surface area contributed by atoms with Gasteiger partial charge in [-0.15, -0.1) is 23.7 Å². The zero-order valence-electron chi connectivity index (χ0n) is 11.5. The Morgan fingerprint density at radius 2 is 2.21 bits per heavy atom. The number of esters is 1. The van der Waals surface area contributed by atoms with Gasteiger partial charge in [-0.25, -0.2) is 4.79 Å². The van der Waals surface area contributed by atoms with Crippen molar-refractivity contribution >= 4 is 29.7 Å². The minimum Gasteiger partial charge on any atom is -0.457 e. The van der Waals surface area contributed by atoms with Crippen LogP contribution in [0.1, 0.15) is 36.4 Å². The van der Waals surface area contributed by atoms with Crippen molar-refractivity contribution in [3.63, 3.8) is 0 Å². The maximum atomic E-state index is 11.8. The van der Waals surface area contributed by atoms with E-state index < -0.39 is 0 Å². The summed E-state index contributed by atoms with van der Waals surface area (Å²) in [6, 6.07) is 3.68. The van der Waals surface area contributed by atoms with Crippen LogP contribution in [0, 0.1) is 5.92 Å². The molecule has 0 saturated carbocycles. The van der Waals surface area contributed by atoms with Gasteiger partial charge in [0, 0.05) is 6.54 Å². The Balaban J connectivity index is 0.00000180. The van der Waals surface area contributed by atoms with Crippen LogP contribution in [0.5, 0.6) is 0 Å². The molecule has 0 amide bonds. The second-order valence-corrected chi connectivity index (χ2v) is 6.12. The number of carbonyl (C=O) groups excluding carboxylic acids is 1. The third kappa shape index (κ3) is 5.13. The summed E-state index contributed by atoms with van der Waals surface area (Å²) in [5.74, 6) is 0.646. The summed E-state index contributed by atoms with van der Waals surface area (Å²) in [6.45, 7) is 7.38. The summed E-state index contributed by atoms with van der Waals surface area (Å²) in [7, 11) is 0. The predicted molar refractivity (Wildman–Crippen MR) is 81.3 cm³/mol. The Kier molecular flexibility index (Phi) is 6.83. The molecule has 0 N–H and O–H groups in total. The van der Waals surface area contributed by atoms with Gasteiger partial charge in [-0.1, -0.05) is 13.0 Å². The van der Waals surface area contributed by atoms with Gasteiger partial charge in [0.25, 0.3) is 0 Å². The van der Waals surface area contributed by atoms with Gasteiger partial charge in [0.2, 0.25) is 0 Å². The summed E-state index contributed by atoms with van der Waals surface area (Å²) < 4.78 is 5.45. The number of likely N-dealkylation sites (tertiary alicyclic amines) is 1. The lowest BCUT2D eigenvalue weighted by Crippen LogP contribution is -2.38. The smallest absolute Gasteiger partial charge is 0.348 e. The quantitative estimate of drug-likeness (QED) is 0.798. The molecule has 1 aromatic rings. The van der Waals surface area contributed by atoms with Gasteiger partial charge in [-0.2, -0.15) is 0 Å². The molecule has 0 spiro atoms. The number of carbonyl (C=O) groups is 1. The topological polar surface area (TPSA) is 29.5 Å². The van der Waals surface area contributed by atoms with E-state index >= 15 is 0 Å². The van der Waals surface area contributed by atoms with E-state index in [1.165, 1.54) is 24.2 Å². The highest BCUT2D eigenvalue weighted by atomic mass is 35.5. The molecule has 1 unspecified atom stereocenters. The summed E-state index contributed by atoms with van der Waals surface area (Å²) >= 11 is 1.43. The van der Waals surface area contributed by atoms with Crippen molar-refractivity contribution in [2.75, 3.05) is 19.6 Å². The lowest BCUT2D eigenvalue weighted by atomic mass is 9.99. The van der Waals surface area contributed by atoms with E-state index in [1.807, 2.05) is 24.4 Å². The van der Waals surface area contributed by atoms with Crippen LogP contribution in [-0.4, -0.2) is 36.6 Å². The molecule has 1 aromatic heterocycles. The van der Waals surface area contributed by atoms with Crippen molar-refractivity contribution < 1.29 is 9.53 Å². The Labute approximate surface area is 125 Å². The minimum atomic E-state index is -0.192. The Morgan fingerprint density at radius 1 is 1.53 bits per heavy atom. The second-order valence-electron chi connectivity index (χ2n) is 5.18. The van der Waals surface area contributed by atoms with Crippen LogP contribution in [0.15, 0.2) is 17.5 Å². The van der Waals surface area contributed by atoms with Crippen molar-refractivity contribution in [3.05, 3.63) is 22.4 Å². The van der Waals surface area contributed by atoms with Gasteiger partial charge >= 0.3 is 5.97 Å². The molecule has 19 heavy (non-hydrogen) atoms. The fourth-order valence-electron chi connectivity index (χ4n) is 2.28. The number of hydrogen-bond donors (Lipinski definition) is 0. The highest BCUT2D eigenvalue weighted by molar-refractivity contribution is 7.11. The molecule has 2 rings (SSSR count). The maximum Gasteiger partial charge on any atom is 0.348 e. The Bertz CT molecular complexity index is 375. The van der Waals surface area contributed by atoms with Crippen molar-refractivity contribution in [2.24, 2.45) is 5.92 Å². The fraction of sp³-hybridized carbons (Fsp3) is 0.643. The molecule has 1 aliphatic rings. The third-order valence-electron chi connectivity index (χ3n) is 3.42. The van der Waals surface area contributed by atoms with Crippen LogP contribution in [0.4, 0.5) is 0 Å². The fourth-order valence-corrected chi connectivity index (χ4v) is 2.89. The van der Waals surface area contributed by atoms with Gasteiger partial charge in [0.1, 0.15) is 11.0 Å². The minimum absolute atomic E-state index is 0. The number of halogens is 1. The molecule has 3 nitrogen and oxygen atoms in total. The molecule has 0 bridgehead atoms. The average Bonchev–Trinajstić information content (AvgIpc) is 2.85. The molecule has 1 atom stereocenters. The number of rotatable bonds is 4. The van der Waals surface area contributed by atoms with E-state index in [9.17, 15) is 4.79 Å². The Morgan fingerprint density at radius 3 is 2.79 bits per heavy atom. The monoisotopic (exact) mass is 303 g/mol. The van der Waals surface area contributed by atoms with Crippen molar-refractivity contribution in [3.8, 4) is 0 Å². The van der Waals surface area contributed by atoms with Gasteiger partial charge in [0.05, 0.1) is 0 Å². The molecule has 108 valence electrons. The first-order valence-corrected chi connectivity index (χ1v) is 7.50. The highest BCUT2D eigenvalue weighted by Gasteiger charge is 2.19. The molecule has 2 heterocycles. The van der Waals surface area contributed by atoms with Crippen LogP contribution in [0.3, 0.4) is 0 Å². The third-order valence-corrected chi connectivity index (χ3v) is 4.27. The number of hydrogen-bond acceptors (Lipinski definition) is 4. The zero-order chi connectivity index (χ0) is 13.0. The normalized spacial score (nSPS) is 18.6. The molecule has 0 aromatic carbocycles. The molecular weight excluding hydrogens is 282 g/mol. The van der Waals surface area contributed by atoms with Crippen molar-refractivity contribution in [2.45, 2.75) is 32.8 Å². The lowest BCUT2D eigenvalue weighted by molar-refractivity contribution is 0.0227. The number of piperidine rings is 1. The molecule has 0 aliphatic carbocycles. The standard InChI is InChI=1S/C14H21NO2S.ClH/c1-11-5-7-15(8-6-11)10-12(2)17-14(16)13-4-3-9-18-13;/h3-4,9,11-12H,5-8,10H2,1-2H3;1H. The van der Waals surface area contributed by atoms with Crippen LogP contribution in [0.25, 0.3) is 0 Å². The first-order valence-electron chi connectivity index (χ1n) is 6.62. The van der Waals surface area contributed by atoms with E-state index in [0.29, 0.717) is 4.88 Å². The van der Waals surface area contributed by atoms with Crippen LogP contribution >= 0.6 is 23.7 Å². The van der Waals surface area contributed by atoms with E-state index in [0.717, 1.165) is 25.6 Å². The lowest BCUT2D eigenvalue weighted by Gasteiger charge is -2.31. The van der Waals surface area contributed by atoms with Crippen molar-refractivity contribution in [1.29, 1.82) is 0 Å². The van der Waals surface area contributed by atoms with Gasteiger partial charge in [0.15, 0.2) is 0 Å². The first kappa shape index (κ1) is 16.5. The van der Waals surface area contributed by atoms with Crippen LogP contribution in [-0.2, 0) is 4.74 Å². The first-order chi connectivity index (χ1) is 8.65. The molecule has 1 fully saturated rings. The predicted octanol–water partition coefficient (Wildman–Crippen LogP) is 3.45. The second kappa shape index (κ2) is 7.88. The molecule has 1 saturated heterocycles. The summed E-state index contributed by atoms with van der Waals surface area (Å²) in [6.07, 6.45) is 2.48. The number of thiophene rings is 1. The molecule has 1 aliphatic heterocycles. The van der Waals surface area contributed by atoms with Gasteiger partial charge in [-0.3, -0.25) is 4.90 Å². The number of ether oxygens (including phenoxy) is 1. The van der Waals surface area contributed by atoms with E-state index in [4.69, 9.17) is 4.74 Å². The van der Waals surface area contributed by atoms with E-state index in [1.54, 1.807) is 0 Å². The molecular formula is C14H22ClNO2S. The van der Waals surface area contributed by atoms with E-state index in [2.05, 4.69) is 11.8 Å². The summed E-state index contributed by atoms with van der Waals surface area (Å²) in [5.41, 5.74) is 0. The average molecular weight is 304 g/mol. The SMILES string of the molecule is CC1CCN(CC(C)OC(=O)c2cccs2)CC1.Cl. The molecule has 5 heteroatoms. The Hall–Kier alpha value is -0.580. The largest absolute Gasteiger partial charge is 0.457 e.